The Morgan fingerprint density at radius 2 is 1.94 bits per heavy atom. The molecule has 0 spiro atoms. The lowest BCUT2D eigenvalue weighted by molar-refractivity contribution is 0.329. The first-order valence-electron chi connectivity index (χ1n) is 5.96. The maximum Gasteiger partial charge on any atom is 0.104 e. The van der Waals surface area contributed by atoms with Gasteiger partial charge in [-0.05, 0) is 46.5 Å². The molecule has 1 aromatic carbocycles. The second-order valence-electron chi connectivity index (χ2n) is 5.68. The first-order chi connectivity index (χ1) is 8.14. The van der Waals surface area contributed by atoms with Crippen molar-refractivity contribution >= 4 is 38.8 Å². The van der Waals surface area contributed by atoms with Gasteiger partial charge in [-0.25, -0.2) is 0 Å². The van der Waals surface area contributed by atoms with Crippen LogP contribution in [0.25, 0.3) is 0 Å². The van der Waals surface area contributed by atoms with Gasteiger partial charge in [-0.3, -0.25) is 0 Å². The van der Waals surface area contributed by atoms with Crippen LogP contribution in [-0.2, 0) is 0 Å². The number of thiocarbonyl (C=S) groups is 1. The minimum absolute atomic E-state index is 0.218. The fourth-order valence-electron chi connectivity index (χ4n) is 1.74. The summed E-state index contributed by atoms with van der Waals surface area (Å²) >= 11 is 8.58. The summed E-state index contributed by atoms with van der Waals surface area (Å²) < 4.78 is 1.02. The zero-order valence-corrected chi connectivity index (χ0v) is 14.0. The van der Waals surface area contributed by atoms with Crippen LogP contribution < -0.4 is 10.6 Å². The van der Waals surface area contributed by atoms with Crippen LogP contribution in [-0.4, -0.2) is 18.1 Å². The van der Waals surface area contributed by atoms with Crippen molar-refractivity contribution < 1.29 is 0 Å². The molecule has 1 rings (SSSR count). The average molecular weight is 329 g/mol. The summed E-state index contributed by atoms with van der Waals surface area (Å²) in [6, 6.07) is 6.42. The van der Waals surface area contributed by atoms with Crippen molar-refractivity contribution in [3.63, 3.8) is 0 Å². The number of anilines is 1. The summed E-state index contributed by atoms with van der Waals surface area (Å²) in [5.41, 5.74) is 7.89. The third-order valence-corrected chi connectivity index (χ3v) is 4.32. The monoisotopic (exact) mass is 328 g/mol. The Balaban J connectivity index is 3.08. The molecule has 100 valence electrons. The van der Waals surface area contributed by atoms with Gasteiger partial charge in [0, 0.05) is 23.1 Å². The van der Waals surface area contributed by atoms with Crippen molar-refractivity contribution in [1.29, 1.82) is 0 Å². The highest BCUT2D eigenvalue weighted by Gasteiger charge is 2.25. The third kappa shape index (κ3) is 3.45. The minimum atomic E-state index is 0.218. The lowest BCUT2D eigenvalue weighted by Crippen LogP contribution is -2.39. The molecule has 1 aromatic rings. The fraction of sp³-hybridized carbons (Fsp3) is 0.500. The van der Waals surface area contributed by atoms with Gasteiger partial charge < -0.3 is 10.6 Å². The molecule has 0 bridgehead atoms. The van der Waals surface area contributed by atoms with Crippen molar-refractivity contribution in [2.45, 2.75) is 33.7 Å². The van der Waals surface area contributed by atoms with Gasteiger partial charge >= 0.3 is 0 Å². The van der Waals surface area contributed by atoms with Gasteiger partial charge in [0.15, 0.2) is 0 Å². The molecule has 2 N–H and O–H groups in total. The van der Waals surface area contributed by atoms with Crippen LogP contribution in [0.2, 0.25) is 0 Å². The van der Waals surface area contributed by atoms with Gasteiger partial charge in [-0.1, -0.05) is 33.0 Å². The number of halogens is 1. The van der Waals surface area contributed by atoms with Gasteiger partial charge in [0.25, 0.3) is 0 Å². The summed E-state index contributed by atoms with van der Waals surface area (Å²) in [6.07, 6.45) is 0. The van der Waals surface area contributed by atoms with Crippen molar-refractivity contribution in [2.75, 3.05) is 11.9 Å². The second kappa shape index (κ2) is 5.57. The lowest BCUT2D eigenvalue weighted by Gasteiger charge is -2.37. The van der Waals surface area contributed by atoms with E-state index in [0.29, 0.717) is 11.0 Å². The molecule has 0 saturated carbocycles. The topological polar surface area (TPSA) is 29.3 Å². The van der Waals surface area contributed by atoms with Crippen LogP contribution in [0.5, 0.6) is 0 Å². The molecule has 2 nitrogen and oxygen atoms in total. The molecule has 0 heterocycles. The van der Waals surface area contributed by atoms with Crippen LogP contribution in [0, 0.1) is 5.41 Å². The van der Waals surface area contributed by atoms with E-state index in [1.165, 1.54) is 0 Å². The number of nitrogens with two attached hydrogens (primary N) is 1. The molecule has 18 heavy (non-hydrogen) atoms. The van der Waals surface area contributed by atoms with E-state index in [4.69, 9.17) is 18.0 Å². The molecular formula is C14H21BrN2S. The summed E-state index contributed by atoms with van der Waals surface area (Å²) in [4.78, 5) is 2.70. The normalized spacial score (nSPS) is 13.2. The highest BCUT2D eigenvalue weighted by molar-refractivity contribution is 9.10. The van der Waals surface area contributed by atoms with Gasteiger partial charge in [0.2, 0.25) is 0 Å². The molecular weight excluding hydrogens is 308 g/mol. The highest BCUT2D eigenvalue weighted by Crippen LogP contribution is 2.32. The Kier molecular flexibility index (Phi) is 4.78. The first-order valence-corrected chi connectivity index (χ1v) is 7.17. The summed E-state index contributed by atoms with van der Waals surface area (Å²) in [7, 11) is 2.11. The van der Waals surface area contributed by atoms with E-state index in [1.807, 2.05) is 12.1 Å². The Morgan fingerprint density at radius 1 is 1.39 bits per heavy atom. The third-order valence-electron chi connectivity index (χ3n) is 3.45. The molecule has 0 aliphatic carbocycles. The molecule has 0 aromatic heterocycles. The lowest BCUT2D eigenvalue weighted by atomic mass is 9.87. The zero-order valence-electron chi connectivity index (χ0n) is 11.6. The Labute approximate surface area is 124 Å². The summed E-state index contributed by atoms with van der Waals surface area (Å²) in [6.45, 7) is 8.95. The quantitative estimate of drug-likeness (QED) is 0.852. The molecule has 0 saturated heterocycles. The fourth-order valence-corrected chi connectivity index (χ4v) is 2.52. The number of rotatable bonds is 3. The average Bonchev–Trinajstić information content (AvgIpc) is 2.25. The minimum Gasteiger partial charge on any atom is -0.389 e. The van der Waals surface area contributed by atoms with Crippen molar-refractivity contribution in [3.05, 3.63) is 28.2 Å². The largest absolute Gasteiger partial charge is 0.389 e. The number of nitrogens with zero attached hydrogens (tertiary/aromatic N) is 1. The summed E-state index contributed by atoms with van der Waals surface area (Å²) in [5, 5.41) is 0. The van der Waals surface area contributed by atoms with Crippen molar-refractivity contribution in [1.82, 2.24) is 0 Å². The van der Waals surface area contributed by atoms with E-state index in [-0.39, 0.29) is 5.41 Å². The molecule has 0 amide bonds. The van der Waals surface area contributed by atoms with Crippen LogP contribution in [0.4, 0.5) is 5.69 Å². The van der Waals surface area contributed by atoms with Gasteiger partial charge in [0.05, 0.1) is 5.69 Å². The second-order valence-corrected chi connectivity index (χ2v) is 6.98. The van der Waals surface area contributed by atoms with Crippen molar-refractivity contribution in [2.24, 2.45) is 11.1 Å². The highest BCUT2D eigenvalue weighted by atomic mass is 79.9. The maximum absolute atomic E-state index is 5.63. The molecule has 0 aliphatic rings. The summed E-state index contributed by atoms with van der Waals surface area (Å²) in [5.74, 6) is 0. The molecule has 4 heteroatoms. The van der Waals surface area contributed by atoms with Crippen LogP contribution in [0.3, 0.4) is 0 Å². The van der Waals surface area contributed by atoms with Crippen LogP contribution in [0.1, 0.15) is 33.3 Å². The molecule has 1 unspecified atom stereocenters. The number of hydrogen-bond donors (Lipinski definition) is 1. The van der Waals surface area contributed by atoms with Crippen LogP contribution >= 0.6 is 28.1 Å². The van der Waals surface area contributed by atoms with Crippen molar-refractivity contribution in [3.8, 4) is 0 Å². The molecule has 0 radical (unpaired) electrons. The predicted molar refractivity (Wildman–Crippen MR) is 87.3 cm³/mol. The Hall–Kier alpha value is -0.610. The smallest absolute Gasteiger partial charge is 0.104 e. The molecule has 0 aliphatic heterocycles. The Morgan fingerprint density at radius 3 is 2.33 bits per heavy atom. The van der Waals surface area contributed by atoms with E-state index in [2.05, 4.69) is 61.6 Å². The first kappa shape index (κ1) is 15.4. The van der Waals surface area contributed by atoms with E-state index in [1.54, 1.807) is 0 Å². The van der Waals surface area contributed by atoms with Crippen LogP contribution in [0.15, 0.2) is 22.7 Å². The Bertz CT molecular complexity index is 452. The molecule has 1 atom stereocenters. The zero-order chi connectivity index (χ0) is 14.1. The van der Waals surface area contributed by atoms with Gasteiger partial charge in [-0.2, -0.15) is 0 Å². The van der Waals surface area contributed by atoms with E-state index >= 15 is 0 Å². The van der Waals surface area contributed by atoms with E-state index in [9.17, 15) is 0 Å². The number of benzene rings is 1. The molecule has 0 fully saturated rings. The van der Waals surface area contributed by atoms with Gasteiger partial charge in [-0.15, -0.1) is 0 Å². The van der Waals surface area contributed by atoms with E-state index in [0.717, 1.165) is 15.7 Å². The predicted octanol–water partition coefficient (Wildman–Crippen LogP) is 3.95. The standard InChI is InChI=1S/C14H21BrN2S/c1-9(14(2,3)4)17(5)12-7-6-10(13(16)18)8-11(12)15/h6-9H,1-5H3,(H2,16,18). The van der Waals surface area contributed by atoms with Gasteiger partial charge in [0.1, 0.15) is 4.99 Å². The number of hydrogen-bond acceptors (Lipinski definition) is 2. The maximum atomic E-state index is 5.63. The van der Waals surface area contributed by atoms with E-state index < -0.39 is 0 Å². The SMILES string of the molecule is CC(N(C)c1ccc(C(N)=S)cc1Br)C(C)(C)C.